The molecule has 0 saturated carbocycles. The maximum absolute atomic E-state index is 12.8. The fourth-order valence-electron chi connectivity index (χ4n) is 2.68. The van der Waals surface area contributed by atoms with Crippen LogP contribution in [-0.2, 0) is 10.0 Å². The van der Waals surface area contributed by atoms with Crippen molar-refractivity contribution in [3.8, 4) is 17.0 Å². The highest BCUT2D eigenvalue weighted by Gasteiger charge is 2.23. The van der Waals surface area contributed by atoms with Gasteiger partial charge in [0, 0.05) is 16.0 Å². The van der Waals surface area contributed by atoms with E-state index in [1.165, 1.54) is 30.6 Å². The minimum absolute atomic E-state index is 0.0257. The first-order chi connectivity index (χ1) is 13.4. The number of ether oxygens (including phenoxy) is 1. The molecule has 0 saturated heterocycles. The molecular weight excluding hydrogens is 420 g/mol. The summed E-state index contributed by atoms with van der Waals surface area (Å²) in [5.41, 5.74) is 2.95. The third-order valence-electron chi connectivity index (χ3n) is 4.07. The number of nitrogens with zero attached hydrogens (tertiary/aromatic N) is 3. The zero-order chi connectivity index (χ0) is 19.9. The molecule has 0 fully saturated rings. The van der Waals surface area contributed by atoms with Crippen molar-refractivity contribution in [2.45, 2.75) is 11.8 Å². The Labute approximate surface area is 170 Å². The van der Waals surface area contributed by atoms with Crippen molar-refractivity contribution >= 4 is 43.9 Å². The fourth-order valence-corrected chi connectivity index (χ4v) is 4.89. The minimum atomic E-state index is -3.98. The van der Waals surface area contributed by atoms with Gasteiger partial charge in [-0.05, 0) is 25.1 Å². The summed E-state index contributed by atoms with van der Waals surface area (Å²) >= 11 is 7.32. The smallest absolute Gasteiger partial charge is 0.268 e. The summed E-state index contributed by atoms with van der Waals surface area (Å²) in [4.78, 5) is 4.76. The standard InChI is InChI=1S/C18H15ClN4O3S2/c1-11-3-5-12(6-4-11)14-10-27-18-20-17(21-23(14)18)22-28(24,25)16-9-13(19)7-8-15(16)26-2/h3-10H,1-2H3,(H,21,22). The Balaban J connectivity index is 1.71. The molecule has 0 radical (unpaired) electrons. The third kappa shape index (κ3) is 3.44. The molecule has 0 atom stereocenters. The minimum Gasteiger partial charge on any atom is -0.495 e. The maximum Gasteiger partial charge on any atom is 0.268 e. The van der Waals surface area contributed by atoms with Gasteiger partial charge in [0.25, 0.3) is 16.0 Å². The number of anilines is 1. The highest BCUT2D eigenvalue weighted by molar-refractivity contribution is 7.92. The summed E-state index contributed by atoms with van der Waals surface area (Å²) in [6.07, 6.45) is 0. The predicted molar refractivity (Wildman–Crippen MR) is 110 cm³/mol. The number of hydrogen-bond acceptors (Lipinski definition) is 6. The molecule has 0 aliphatic carbocycles. The second-order valence-electron chi connectivity index (χ2n) is 6.02. The summed E-state index contributed by atoms with van der Waals surface area (Å²) in [7, 11) is -2.59. The van der Waals surface area contributed by atoms with Crippen LogP contribution in [0.3, 0.4) is 0 Å². The molecule has 0 aliphatic rings. The van der Waals surface area contributed by atoms with E-state index in [-0.39, 0.29) is 21.6 Å². The van der Waals surface area contributed by atoms with Crippen molar-refractivity contribution in [1.29, 1.82) is 0 Å². The van der Waals surface area contributed by atoms with Gasteiger partial charge in [-0.15, -0.1) is 16.4 Å². The average Bonchev–Trinajstić information content (AvgIpc) is 3.22. The van der Waals surface area contributed by atoms with E-state index in [9.17, 15) is 8.42 Å². The van der Waals surface area contributed by atoms with Gasteiger partial charge in [-0.1, -0.05) is 41.4 Å². The van der Waals surface area contributed by atoms with Gasteiger partial charge in [0.2, 0.25) is 4.96 Å². The van der Waals surface area contributed by atoms with Crippen LogP contribution in [0.4, 0.5) is 5.95 Å². The van der Waals surface area contributed by atoms with E-state index in [2.05, 4.69) is 14.8 Å². The van der Waals surface area contributed by atoms with Crippen LogP contribution in [-0.4, -0.2) is 30.1 Å². The van der Waals surface area contributed by atoms with Crippen molar-refractivity contribution in [3.63, 3.8) is 0 Å². The van der Waals surface area contributed by atoms with Crippen molar-refractivity contribution in [2.75, 3.05) is 11.8 Å². The van der Waals surface area contributed by atoms with Crippen LogP contribution in [0.25, 0.3) is 16.2 Å². The van der Waals surface area contributed by atoms with Gasteiger partial charge < -0.3 is 4.74 Å². The average molecular weight is 435 g/mol. The van der Waals surface area contributed by atoms with E-state index in [0.29, 0.717) is 4.96 Å². The number of hydrogen-bond donors (Lipinski definition) is 1. The van der Waals surface area contributed by atoms with Crippen molar-refractivity contribution in [3.05, 3.63) is 58.4 Å². The highest BCUT2D eigenvalue weighted by Crippen LogP contribution is 2.30. The van der Waals surface area contributed by atoms with Gasteiger partial charge >= 0.3 is 0 Å². The molecule has 4 rings (SSSR count). The number of halogens is 1. The van der Waals surface area contributed by atoms with Crippen LogP contribution in [0.15, 0.2) is 52.7 Å². The molecule has 1 N–H and O–H groups in total. The van der Waals surface area contributed by atoms with Crippen LogP contribution >= 0.6 is 22.9 Å². The summed E-state index contributed by atoms with van der Waals surface area (Å²) in [5, 5.41) is 6.52. The van der Waals surface area contributed by atoms with E-state index in [4.69, 9.17) is 16.3 Å². The molecule has 0 amide bonds. The van der Waals surface area contributed by atoms with Crippen LogP contribution in [0, 0.1) is 6.92 Å². The lowest BCUT2D eigenvalue weighted by Crippen LogP contribution is -2.15. The van der Waals surface area contributed by atoms with Gasteiger partial charge in [0.15, 0.2) is 0 Å². The van der Waals surface area contributed by atoms with Crippen LogP contribution < -0.4 is 9.46 Å². The highest BCUT2D eigenvalue weighted by atomic mass is 35.5. The number of rotatable bonds is 5. The number of benzene rings is 2. The number of sulfonamides is 1. The summed E-state index contributed by atoms with van der Waals surface area (Å²) in [6.45, 7) is 2.01. The summed E-state index contributed by atoms with van der Waals surface area (Å²) < 4.78 is 34.7. The zero-order valence-electron chi connectivity index (χ0n) is 14.9. The second-order valence-corrected chi connectivity index (χ2v) is 8.94. The van der Waals surface area contributed by atoms with Crippen LogP contribution in [0.2, 0.25) is 5.02 Å². The zero-order valence-corrected chi connectivity index (χ0v) is 17.3. The number of fused-ring (bicyclic) bond motifs is 1. The van der Waals surface area contributed by atoms with Gasteiger partial charge in [-0.25, -0.2) is 17.7 Å². The Bertz CT molecular complexity index is 1260. The van der Waals surface area contributed by atoms with Crippen molar-refractivity contribution in [1.82, 2.24) is 14.6 Å². The molecule has 10 heteroatoms. The molecule has 144 valence electrons. The Morgan fingerprint density at radius 1 is 1.18 bits per heavy atom. The van der Waals surface area contributed by atoms with Crippen molar-refractivity contribution in [2.24, 2.45) is 0 Å². The normalized spacial score (nSPS) is 11.7. The van der Waals surface area contributed by atoms with Crippen LogP contribution in [0.5, 0.6) is 5.75 Å². The lowest BCUT2D eigenvalue weighted by molar-refractivity contribution is 0.403. The number of nitrogens with one attached hydrogen (secondary N) is 1. The number of thiazole rings is 1. The Morgan fingerprint density at radius 3 is 2.64 bits per heavy atom. The monoisotopic (exact) mass is 434 g/mol. The molecule has 2 heterocycles. The summed E-state index contributed by atoms with van der Waals surface area (Å²) in [5.74, 6) is 0.153. The molecule has 0 aliphatic heterocycles. The summed E-state index contributed by atoms with van der Waals surface area (Å²) in [6, 6.07) is 12.3. The predicted octanol–water partition coefficient (Wildman–Crippen LogP) is 4.23. The molecule has 0 spiro atoms. The largest absolute Gasteiger partial charge is 0.495 e. The van der Waals surface area contributed by atoms with Gasteiger partial charge in [0.1, 0.15) is 10.6 Å². The first kappa shape index (κ1) is 18.7. The number of aromatic nitrogens is 3. The molecule has 4 aromatic rings. The topological polar surface area (TPSA) is 85.6 Å². The first-order valence-electron chi connectivity index (χ1n) is 8.15. The Morgan fingerprint density at radius 2 is 1.93 bits per heavy atom. The molecule has 0 bridgehead atoms. The van der Waals surface area contributed by atoms with Crippen LogP contribution in [0.1, 0.15) is 5.56 Å². The van der Waals surface area contributed by atoms with E-state index in [0.717, 1.165) is 16.8 Å². The van der Waals surface area contributed by atoms with E-state index in [1.807, 2.05) is 36.6 Å². The lowest BCUT2D eigenvalue weighted by atomic mass is 10.1. The molecule has 0 unspecified atom stereocenters. The van der Waals surface area contributed by atoms with E-state index >= 15 is 0 Å². The third-order valence-corrected chi connectivity index (χ3v) is 6.47. The van der Waals surface area contributed by atoms with Gasteiger partial charge in [-0.2, -0.15) is 4.98 Å². The van der Waals surface area contributed by atoms with Crippen molar-refractivity contribution < 1.29 is 13.2 Å². The maximum atomic E-state index is 12.8. The molecule has 2 aromatic carbocycles. The SMILES string of the molecule is COc1ccc(Cl)cc1S(=O)(=O)Nc1nc2scc(-c3ccc(C)cc3)n2n1. The van der Waals surface area contributed by atoms with Gasteiger partial charge in [0.05, 0.1) is 12.8 Å². The number of aryl methyl sites for hydroxylation is 1. The van der Waals surface area contributed by atoms with Gasteiger partial charge in [-0.3, -0.25) is 0 Å². The first-order valence-corrected chi connectivity index (χ1v) is 10.9. The molecule has 7 nitrogen and oxygen atoms in total. The quantitative estimate of drug-likeness (QED) is 0.508. The molecular formula is C18H15ClN4O3S2. The molecule has 28 heavy (non-hydrogen) atoms. The number of methoxy groups -OCH3 is 1. The Kier molecular flexibility index (Phi) is 4.74. The Hall–Kier alpha value is -2.62. The van der Waals surface area contributed by atoms with E-state index < -0.39 is 10.0 Å². The lowest BCUT2D eigenvalue weighted by Gasteiger charge is -2.09. The van der Waals surface area contributed by atoms with E-state index in [1.54, 1.807) is 10.6 Å². The molecule has 2 aromatic heterocycles. The fraction of sp³-hybridized carbons (Fsp3) is 0.111. The second kappa shape index (κ2) is 7.08.